The van der Waals surface area contributed by atoms with Gasteiger partial charge in [-0.1, -0.05) is 56.5 Å². The Kier molecular flexibility index (Phi) is 7.38. The maximum atomic E-state index is 4.92. The highest BCUT2D eigenvalue weighted by Gasteiger charge is 2.10. The molecule has 0 unspecified atom stereocenters. The summed E-state index contributed by atoms with van der Waals surface area (Å²) < 4.78 is 2.38. The first-order chi connectivity index (χ1) is 11.2. The van der Waals surface area contributed by atoms with Crippen molar-refractivity contribution in [3.8, 4) is 0 Å². The van der Waals surface area contributed by atoms with Crippen LogP contribution in [-0.4, -0.2) is 9.55 Å². The molecule has 0 atom stereocenters. The molecule has 2 heteroatoms. The summed E-state index contributed by atoms with van der Waals surface area (Å²) in [5.41, 5.74) is 2.69. The summed E-state index contributed by atoms with van der Waals surface area (Å²) in [6.07, 6.45) is 12.0. The molecule has 2 aromatic rings. The molecule has 0 saturated carbocycles. The Labute approximate surface area is 142 Å². The van der Waals surface area contributed by atoms with E-state index in [2.05, 4.69) is 61.9 Å². The number of rotatable bonds is 10. The van der Waals surface area contributed by atoms with Crippen LogP contribution < -0.4 is 0 Å². The van der Waals surface area contributed by atoms with Crippen molar-refractivity contribution in [1.29, 1.82) is 0 Å². The van der Waals surface area contributed by atoms with Crippen LogP contribution in [0.5, 0.6) is 0 Å². The lowest BCUT2D eigenvalue weighted by molar-refractivity contribution is 0.551. The maximum Gasteiger partial charge on any atom is 0.109 e. The van der Waals surface area contributed by atoms with Crippen molar-refractivity contribution in [3.05, 3.63) is 53.6 Å². The van der Waals surface area contributed by atoms with Crippen LogP contribution in [0.25, 0.3) is 0 Å². The zero-order valence-corrected chi connectivity index (χ0v) is 15.1. The van der Waals surface area contributed by atoms with Crippen LogP contribution in [0, 0.1) is 0 Å². The molecule has 1 heterocycles. The van der Waals surface area contributed by atoms with E-state index in [1.165, 1.54) is 49.2 Å². The van der Waals surface area contributed by atoms with Crippen molar-refractivity contribution in [3.63, 3.8) is 0 Å². The van der Waals surface area contributed by atoms with Crippen molar-refractivity contribution >= 4 is 0 Å². The van der Waals surface area contributed by atoms with E-state index in [-0.39, 0.29) is 0 Å². The molecular formula is C21H32N2. The predicted octanol–water partition coefficient (Wildman–Crippen LogP) is 5.76. The minimum atomic E-state index is 0.506. The Morgan fingerprint density at radius 2 is 1.70 bits per heavy atom. The summed E-state index contributed by atoms with van der Waals surface area (Å²) in [7, 11) is 0. The van der Waals surface area contributed by atoms with Gasteiger partial charge in [0.15, 0.2) is 0 Å². The summed E-state index contributed by atoms with van der Waals surface area (Å²) in [4.78, 5) is 4.92. The van der Waals surface area contributed by atoms with Gasteiger partial charge >= 0.3 is 0 Å². The largest absolute Gasteiger partial charge is 0.332 e. The van der Waals surface area contributed by atoms with Crippen LogP contribution >= 0.6 is 0 Å². The van der Waals surface area contributed by atoms with Crippen LogP contribution in [0.2, 0.25) is 0 Å². The number of hydrogen-bond donors (Lipinski definition) is 0. The van der Waals surface area contributed by atoms with E-state index in [4.69, 9.17) is 4.98 Å². The summed E-state index contributed by atoms with van der Waals surface area (Å²) >= 11 is 0. The summed E-state index contributed by atoms with van der Waals surface area (Å²) in [6, 6.07) is 11.3. The maximum absolute atomic E-state index is 4.92. The molecule has 0 bridgehead atoms. The molecule has 2 nitrogen and oxygen atoms in total. The molecule has 0 saturated heterocycles. The summed E-state index contributed by atoms with van der Waals surface area (Å²) in [5, 5.41) is 0. The van der Waals surface area contributed by atoms with Gasteiger partial charge in [0.05, 0.1) is 5.69 Å². The van der Waals surface area contributed by atoms with E-state index < -0.39 is 0 Å². The number of nitrogens with zero attached hydrogens (tertiary/aromatic N) is 2. The lowest BCUT2D eigenvalue weighted by Crippen LogP contribution is -2.05. The van der Waals surface area contributed by atoms with Crippen molar-refractivity contribution in [1.82, 2.24) is 9.55 Å². The molecule has 0 radical (unpaired) electrons. The van der Waals surface area contributed by atoms with Gasteiger partial charge in [0.1, 0.15) is 5.82 Å². The van der Waals surface area contributed by atoms with E-state index in [9.17, 15) is 0 Å². The van der Waals surface area contributed by atoms with E-state index in [1.54, 1.807) is 0 Å². The topological polar surface area (TPSA) is 17.8 Å². The average molecular weight is 313 g/mol. The molecule has 0 amide bonds. The smallest absolute Gasteiger partial charge is 0.109 e. The quantitative estimate of drug-likeness (QED) is 0.510. The van der Waals surface area contributed by atoms with Crippen LogP contribution in [0.1, 0.15) is 76.0 Å². The zero-order chi connectivity index (χ0) is 16.5. The van der Waals surface area contributed by atoms with E-state index >= 15 is 0 Å². The monoisotopic (exact) mass is 312 g/mol. The van der Waals surface area contributed by atoms with Gasteiger partial charge < -0.3 is 4.57 Å². The number of imidazole rings is 1. The molecule has 0 aliphatic carbocycles. The third-order valence-electron chi connectivity index (χ3n) is 4.41. The summed E-state index contributed by atoms with van der Waals surface area (Å²) in [6.45, 7) is 6.77. The van der Waals surface area contributed by atoms with Gasteiger partial charge in [-0.05, 0) is 45.1 Å². The van der Waals surface area contributed by atoms with Gasteiger partial charge in [-0.3, -0.25) is 0 Å². The third kappa shape index (κ3) is 5.85. The van der Waals surface area contributed by atoms with E-state index in [0.29, 0.717) is 6.04 Å². The van der Waals surface area contributed by atoms with Gasteiger partial charge in [-0.25, -0.2) is 4.98 Å². The van der Waals surface area contributed by atoms with Gasteiger partial charge in [-0.15, -0.1) is 0 Å². The number of benzene rings is 1. The lowest BCUT2D eigenvalue weighted by Gasteiger charge is -2.10. The van der Waals surface area contributed by atoms with Crippen molar-refractivity contribution in [2.24, 2.45) is 0 Å². The fraction of sp³-hybridized carbons (Fsp3) is 0.571. The Hall–Kier alpha value is -1.57. The van der Waals surface area contributed by atoms with Crippen molar-refractivity contribution in [2.45, 2.75) is 78.2 Å². The predicted molar refractivity (Wildman–Crippen MR) is 98.9 cm³/mol. The standard InChI is InChI=1S/C21H32N2/c1-4-5-6-10-16-21-22-20(17-23(21)18(2)3)15-11-14-19-12-8-7-9-13-19/h7-9,12-13,17-18H,4-6,10-11,14-16H2,1-3H3. The van der Waals surface area contributed by atoms with Crippen molar-refractivity contribution < 1.29 is 0 Å². The zero-order valence-electron chi connectivity index (χ0n) is 15.1. The molecule has 0 spiro atoms. The number of unbranched alkanes of at least 4 members (excludes halogenated alkanes) is 3. The SMILES string of the molecule is CCCCCCc1nc(CCCc2ccccc2)cn1C(C)C. The fourth-order valence-electron chi connectivity index (χ4n) is 3.07. The second-order valence-electron chi connectivity index (χ2n) is 6.80. The van der Waals surface area contributed by atoms with Gasteiger partial charge in [-0.2, -0.15) is 0 Å². The number of aromatic nitrogens is 2. The van der Waals surface area contributed by atoms with Gasteiger partial charge in [0, 0.05) is 18.7 Å². The molecule has 1 aromatic carbocycles. The Morgan fingerprint density at radius 1 is 0.913 bits per heavy atom. The Balaban J connectivity index is 1.88. The van der Waals surface area contributed by atoms with Crippen molar-refractivity contribution in [2.75, 3.05) is 0 Å². The first kappa shape index (κ1) is 17.8. The molecule has 126 valence electrons. The highest BCUT2D eigenvalue weighted by molar-refractivity contribution is 5.15. The second kappa shape index (κ2) is 9.54. The molecule has 0 aliphatic rings. The van der Waals surface area contributed by atoms with E-state index in [0.717, 1.165) is 19.3 Å². The average Bonchev–Trinajstić information content (AvgIpc) is 2.96. The first-order valence-electron chi connectivity index (χ1n) is 9.31. The lowest BCUT2D eigenvalue weighted by atomic mass is 10.1. The van der Waals surface area contributed by atoms with Gasteiger partial charge in [0.25, 0.3) is 0 Å². The fourth-order valence-corrected chi connectivity index (χ4v) is 3.07. The van der Waals surface area contributed by atoms with Crippen LogP contribution in [-0.2, 0) is 19.3 Å². The van der Waals surface area contributed by atoms with Gasteiger partial charge in [0.2, 0.25) is 0 Å². The molecule has 0 aliphatic heterocycles. The number of hydrogen-bond acceptors (Lipinski definition) is 1. The third-order valence-corrected chi connectivity index (χ3v) is 4.41. The molecular weight excluding hydrogens is 280 g/mol. The second-order valence-corrected chi connectivity index (χ2v) is 6.80. The minimum absolute atomic E-state index is 0.506. The van der Waals surface area contributed by atoms with Crippen LogP contribution in [0.3, 0.4) is 0 Å². The highest BCUT2D eigenvalue weighted by Crippen LogP contribution is 2.16. The number of aryl methyl sites for hydroxylation is 3. The first-order valence-corrected chi connectivity index (χ1v) is 9.31. The summed E-state index contributed by atoms with van der Waals surface area (Å²) in [5.74, 6) is 1.28. The molecule has 0 N–H and O–H groups in total. The normalized spacial score (nSPS) is 11.3. The minimum Gasteiger partial charge on any atom is -0.332 e. The molecule has 1 aromatic heterocycles. The molecule has 0 fully saturated rings. The molecule has 2 rings (SSSR count). The van der Waals surface area contributed by atoms with Crippen LogP contribution in [0.15, 0.2) is 36.5 Å². The molecule has 23 heavy (non-hydrogen) atoms. The Morgan fingerprint density at radius 3 is 2.39 bits per heavy atom. The van der Waals surface area contributed by atoms with E-state index in [1.807, 2.05) is 0 Å². The van der Waals surface area contributed by atoms with Crippen LogP contribution in [0.4, 0.5) is 0 Å². The highest BCUT2D eigenvalue weighted by atomic mass is 15.1. The Bertz CT molecular complexity index is 554.